The Morgan fingerprint density at radius 2 is 2.24 bits per heavy atom. The summed E-state index contributed by atoms with van der Waals surface area (Å²) in [5.41, 5.74) is 7.56. The van der Waals surface area contributed by atoms with Gasteiger partial charge in [0.25, 0.3) is 0 Å². The molecule has 0 spiro atoms. The van der Waals surface area contributed by atoms with Crippen LogP contribution in [0.15, 0.2) is 28.9 Å². The summed E-state index contributed by atoms with van der Waals surface area (Å²) in [4.78, 5) is 0. The molecule has 3 nitrogen and oxygen atoms in total. The van der Waals surface area contributed by atoms with Gasteiger partial charge in [-0.2, -0.15) is 5.10 Å². The molecular formula is C11H10BrClFN3. The van der Waals surface area contributed by atoms with E-state index in [9.17, 15) is 4.39 Å². The highest BCUT2D eigenvalue weighted by Gasteiger charge is 2.17. The minimum Gasteiger partial charge on any atom is -0.319 e. The molecule has 1 unspecified atom stereocenters. The highest BCUT2D eigenvalue weighted by molar-refractivity contribution is 9.10. The lowest BCUT2D eigenvalue weighted by Gasteiger charge is -2.13. The normalized spacial score (nSPS) is 12.8. The third-order valence-corrected chi connectivity index (χ3v) is 3.43. The second kappa shape index (κ2) is 4.76. The Labute approximate surface area is 112 Å². The van der Waals surface area contributed by atoms with Crippen molar-refractivity contribution in [2.75, 3.05) is 0 Å². The van der Waals surface area contributed by atoms with E-state index >= 15 is 0 Å². The average Bonchev–Trinajstić information content (AvgIpc) is 2.62. The fraction of sp³-hybridized carbons (Fsp3) is 0.182. The lowest BCUT2D eigenvalue weighted by molar-refractivity contribution is 0.618. The van der Waals surface area contributed by atoms with Crippen molar-refractivity contribution in [3.05, 3.63) is 51.0 Å². The van der Waals surface area contributed by atoms with Gasteiger partial charge in [-0.15, -0.1) is 0 Å². The zero-order chi connectivity index (χ0) is 12.6. The first-order valence-corrected chi connectivity index (χ1v) is 6.05. The summed E-state index contributed by atoms with van der Waals surface area (Å²) in [6.07, 6.45) is 1.54. The largest absolute Gasteiger partial charge is 0.319 e. The summed E-state index contributed by atoms with van der Waals surface area (Å²) in [7, 11) is 1.76. The van der Waals surface area contributed by atoms with Gasteiger partial charge in [0.1, 0.15) is 5.82 Å². The highest BCUT2D eigenvalue weighted by atomic mass is 79.9. The van der Waals surface area contributed by atoms with Crippen LogP contribution >= 0.6 is 27.5 Å². The van der Waals surface area contributed by atoms with Crippen molar-refractivity contribution < 1.29 is 4.39 Å². The Kier molecular flexibility index (Phi) is 3.51. The minimum atomic E-state index is -0.438. The van der Waals surface area contributed by atoms with Gasteiger partial charge in [-0.05, 0) is 33.6 Å². The maximum atomic E-state index is 13.1. The predicted octanol–water partition coefficient (Wildman–Crippen LogP) is 3.02. The number of hydrogen-bond acceptors (Lipinski definition) is 2. The van der Waals surface area contributed by atoms with Crippen LogP contribution in [0.4, 0.5) is 4.39 Å². The van der Waals surface area contributed by atoms with Crippen LogP contribution in [0, 0.1) is 5.82 Å². The first-order chi connectivity index (χ1) is 8.00. The number of hydrogen-bond donors (Lipinski definition) is 1. The fourth-order valence-electron chi connectivity index (χ4n) is 1.63. The molecular weight excluding hydrogens is 308 g/mol. The minimum absolute atomic E-state index is 0.322. The van der Waals surface area contributed by atoms with Gasteiger partial charge in [0.2, 0.25) is 0 Å². The second-order valence-corrected chi connectivity index (χ2v) is 4.91. The smallest absolute Gasteiger partial charge is 0.137 e. The van der Waals surface area contributed by atoms with Crippen LogP contribution in [-0.2, 0) is 7.05 Å². The van der Waals surface area contributed by atoms with Gasteiger partial charge >= 0.3 is 0 Å². The van der Waals surface area contributed by atoms with E-state index in [1.54, 1.807) is 23.9 Å². The van der Waals surface area contributed by atoms with E-state index in [1.165, 1.54) is 12.3 Å². The van der Waals surface area contributed by atoms with E-state index in [-0.39, 0.29) is 5.82 Å². The zero-order valence-corrected chi connectivity index (χ0v) is 11.3. The summed E-state index contributed by atoms with van der Waals surface area (Å²) in [5.74, 6) is -0.322. The van der Waals surface area contributed by atoms with Crippen LogP contribution in [-0.4, -0.2) is 9.78 Å². The molecule has 1 aromatic heterocycles. The molecule has 0 amide bonds. The van der Waals surface area contributed by atoms with Crippen molar-refractivity contribution in [2.45, 2.75) is 6.04 Å². The first-order valence-electron chi connectivity index (χ1n) is 4.88. The Morgan fingerprint density at radius 3 is 2.76 bits per heavy atom. The van der Waals surface area contributed by atoms with Gasteiger partial charge < -0.3 is 5.73 Å². The van der Waals surface area contributed by atoms with Crippen molar-refractivity contribution in [3.63, 3.8) is 0 Å². The maximum Gasteiger partial charge on any atom is 0.137 e. The zero-order valence-electron chi connectivity index (χ0n) is 8.99. The molecule has 17 heavy (non-hydrogen) atoms. The molecule has 2 N–H and O–H groups in total. The number of halogens is 3. The van der Waals surface area contributed by atoms with Crippen LogP contribution in [0.3, 0.4) is 0 Å². The Hall–Kier alpha value is -0.910. The molecule has 2 rings (SSSR count). The summed E-state index contributed by atoms with van der Waals surface area (Å²) in [5, 5.41) is 4.52. The number of aryl methyl sites for hydroxylation is 1. The molecule has 0 aliphatic rings. The van der Waals surface area contributed by atoms with Gasteiger partial charge in [-0.1, -0.05) is 17.7 Å². The first kappa shape index (κ1) is 12.5. The van der Waals surface area contributed by atoms with Crippen molar-refractivity contribution in [2.24, 2.45) is 12.8 Å². The van der Waals surface area contributed by atoms with Gasteiger partial charge in [-0.25, -0.2) is 4.39 Å². The van der Waals surface area contributed by atoms with Crippen LogP contribution in [0.25, 0.3) is 0 Å². The van der Waals surface area contributed by atoms with E-state index in [1.807, 2.05) is 0 Å². The van der Waals surface area contributed by atoms with E-state index in [4.69, 9.17) is 17.3 Å². The third kappa shape index (κ3) is 2.36. The van der Waals surface area contributed by atoms with Crippen LogP contribution in [0.1, 0.15) is 17.3 Å². The van der Waals surface area contributed by atoms with E-state index in [0.717, 1.165) is 5.56 Å². The van der Waals surface area contributed by atoms with Crippen molar-refractivity contribution in [3.8, 4) is 0 Å². The summed E-state index contributed by atoms with van der Waals surface area (Å²) in [6.45, 7) is 0. The maximum absolute atomic E-state index is 13.1. The molecule has 0 bridgehead atoms. The van der Waals surface area contributed by atoms with Crippen molar-refractivity contribution in [1.82, 2.24) is 9.78 Å². The average molecular weight is 319 g/mol. The number of nitrogens with two attached hydrogens (primary N) is 1. The van der Waals surface area contributed by atoms with Crippen LogP contribution in [0.5, 0.6) is 0 Å². The number of rotatable bonds is 2. The molecule has 0 aliphatic heterocycles. The quantitative estimate of drug-likeness (QED) is 0.925. The standard InChI is InChI=1S/C11H10BrClFN3/c1-17-11(8(13)5-16-17)10(15)6-2-3-9(14)7(12)4-6/h2-5,10H,15H2,1H3. The van der Waals surface area contributed by atoms with Gasteiger partial charge in [-0.3, -0.25) is 4.68 Å². The molecule has 0 fully saturated rings. The summed E-state index contributed by atoms with van der Waals surface area (Å²) in [6, 6.07) is 4.20. The monoisotopic (exact) mass is 317 g/mol. The lowest BCUT2D eigenvalue weighted by Crippen LogP contribution is -2.16. The van der Waals surface area contributed by atoms with Crippen molar-refractivity contribution in [1.29, 1.82) is 0 Å². The molecule has 0 saturated carbocycles. The van der Waals surface area contributed by atoms with Crippen molar-refractivity contribution >= 4 is 27.5 Å². The number of benzene rings is 1. The van der Waals surface area contributed by atoms with Gasteiger partial charge in [0.05, 0.1) is 27.4 Å². The Bertz CT molecular complexity index is 536. The van der Waals surface area contributed by atoms with E-state index in [2.05, 4.69) is 21.0 Å². The molecule has 0 aliphatic carbocycles. The molecule has 0 saturated heterocycles. The molecule has 6 heteroatoms. The van der Waals surface area contributed by atoms with E-state index < -0.39 is 6.04 Å². The summed E-state index contributed by atoms with van der Waals surface area (Å²) >= 11 is 9.14. The van der Waals surface area contributed by atoms with Gasteiger partial charge in [0.15, 0.2) is 0 Å². The molecule has 90 valence electrons. The highest BCUT2D eigenvalue weighted by Crippen LogP contribution is 2.28. The predicted molar refractivity (Wildman–Crippen MR) is 68.3 cm³/mol. The number of aromatic nitrogens is 2. The molecule has 1 heterocycles. The topological polar surface area (TPSA) is 43.8 Å². The second-order valence-electron chi connectivity index (χ2n) is 3.65. The SMILES string of the molecule is Cn1ncc(Cl)c1C(N)c1ccc(F)c(Br)c1. The third-order valence-electron chi connectivity index (χ3n) is 2.53. The van der Waals surface area contributed by atoms with Crippen LogP contribution in [0.2, 0.25) is 5.02 Å². The Morgan fingerprint density at radius 1 is 1.53 bits per heavy atom. The number of nitrogens with zero attached hydrogens (tertiary/aromatic N) is 2. The fourth-order valence-corrected chi connectivity index (χ4v) is 2.31. The molecule has 0 radical (unpaired) electrons. The lowest BCUT2D eigenvalue weighted by atomic mass is 10.0. The molecule has 1 atom stereocenters. The van der Waals surface area contributed by atoms with Crippen LogP contribution < -0.4 is 5.73 Å². The molecule has 2 aromatic rings. The summed E-state index contributed by atoms with van der Waals surface area (Å²) < 4.78 is 15.1. The molecule has 1 aromatic carbocycles. The van der Waals surface area contributed by atoms with Gasteiger partial charge in [0, 0.05) is 7.05 Å². The van der Waals surface area contributed by atoms with E-state index in [0.29, 0.717) is 15.2 Å². The Balaban J connectivity index is 2.43.